The van der Waals surface area contributed by atoms with Gasteiger partial charge in [0.05, 0.1) is 12.7 Å². The summed E-state index contributed by atoms with van der Waals surface area (Å²) in [6.45, 7) is 1.31. The summed E-state index contributed by atoms with van der Waals surface area (Å²) in [5.74, 6) is 0.360. The van der Waals surface area contributed by atoms with Crippen molar-refractivity contribution in [1.82, 2.24) is 0 Å². The maximum Gasteiger partial charge on any atom is 0.343 e. The van der Waals surface area contributed by atoms with Crippen LogP contribution < -0.4 is 9.47 Å². The molecule has 1 aliphatic heterocycles. The van der Waals surface area contributed by atoms with Crippen molar-refractivity contribution in [1.29, 1.82) is 0 Å². The number of cyclic esters (lactones) is 1. The number of hydrogen-bond acceptors (Lipinski definition) is 5. The molecule has 25 heavy (non-hydrogen) atoms. The molecule has 0 spiro atoms. The van der Waals surface area contributed by atoms with Crippen molar-refractivity contribution in [2.75, 3.05) is 7.11 Å². The van der Waals surface area contributed by atoms with Crippen LogP contribution in [0.15, 0.2) is 60.2 Å². The summed E-state index contributed by atoms with van der Waals surface area (Å²) in [7, 11) is 1.49. The predicted octanol–water partition coefficient (Wildman–Crippen LogP) is 3.60. The first-order valence-electron chi connectivity index (χ1n) is 7.64. The Morgan fingerprint density at radius 1 is 1.08 bits per heavy atom. The van der Waals surface area contributed by atoms with Crippen molar-refractivity contribution in [3.05, 3.63) is 71.3 Å². The molecule has 3 rings (SSSR count). The first kappa shape index (κ1) is 16.5. The van der Waals surface area contributed by atoms with Crippen LogP contribution in [-0.2, 0) is 14.3 Å². The molecular formula is C20H16O5. The van der Waals surface area contributed by atoms with Crippen molar-refractivity contribution < 1.29 is 23.8 Å². The highest BCUT2D eigenvalue weighted by Gasteiger charge is 2.22. The molecule has 0 aromatic heterocycles. The lowest BCUT2D eigenvalue weighted by molar-refractivity contribution is -0.132. The number of methoxy groups -OCH3 is 1. The molecule has 126 valence electrons. The Morgan fingerprint density at radius 2 is 1.84 bits per heavy atom. The maximum atomic E-state index is 12.1. The zero-order valence-corrected chi connectivity index (χ0v) is 13.8. The fourth-order valence-corrected chi connectivity index (χ4v) is 2.43. The van der Waals surface area contributed by atoms with E-state index in [1.165, 1.54) is 14.0 Å². The van der Waals surface area contributed by atoms with Crippen LogP contribution >= 0.6 is 0 Å². The van der Waals surface area contributed by atoms with E-state index in [1.807, 2.05) is 30.3 Å². The van der Waals surface area contributed by atoms with E-state index in [4.69, 9.17) is 14.2 Å². The molecule has 1 heterocycles. The van der Waals surface area contributed by atoms with Gasteiger partial charge in [0.25, 0.3) is 0 Å². The van der Waals surface area contributed by atoms with Gasteiger partial charge in [-0.15, -0.1) is 0 Å². The molecule has 0 atom stereocenters. The number of hydrogen-bond donors (Lipinski definition) is 0. The van der Waals surface area contributed by atoms with Gasteiger partial charge in [0.1, 0.15) is 5.76 Å². The lowest BCUT2D eigenvalue weighted by Gasteiger charge is -2.08. The van der Waals surface area contributed by atoms with E-state index in [0.717, 1.165) is 5.56 Å². The van der Waals surface area contributed by atoms with Crippen LogP contribution in [0.3, 0.4) is 0 Å². The summed E-state index contributed by atoms with van der Waals surface area (Å²) in [4.78, 5) is 23.3. The van der Waals surface area contributed by atoms with Crippen LogP contribution in [0.4, 0.5) is 0 Å². The van der Waals surface area contributed by atoms with E-state index in [-0.39, 0.29) is 0 Å². The normalized spacial score (nSPS) is 14.9. The van der Waals surface area contributed by atoms with Gasteiger partial charge in [-0.2, -0.15) is 0 Å². The molecule has 0 saturated heterocycles. The summed E-state index contributed by atoms with van der Waals surface area (Å²) in [5, 5.41) is 0. The molecular weight excluding hydrogens is 320 g/mol. The lowest BCUT2D eigenvalue weighted by Crippen LogP contribution is -2.03. The van der Waals surface area contributed by atoms with Gasteiger partial charge < -0.3 is 14.2 Å². The third kappa shape index (κ3) is 3.77. The highest BCUT2D eigenvalue weighted by molar-refractivity contribution is 6.05. The summed E-state index contributed by atoms with van der Waals surface area (Å²) < 4.78 is 15.6. The molecule has 0 radical (unpaired) electrons. The molecule has 0 bridgehead atoms. The van der Waals surface area contributed by atoms with Crippen LogP contribution in [0.2, 0.25) is 0 Å². The summed E-state index contributed by atoms with van der Waals surface area (Å²) in [6, 6.07) is 14.5. The second-order valence-corrected chi connectivity index (χ2v) is 5.37. The number of benzene rings is 2. The highest BCUT2D eigenvalue weighted by Crippen LogP contribution is 2.31. The van der Waals surface area contributed by atoms with Gasteiger partial charge in [-0.05, 0) is 29.8 Å². The molecule has 2 aromatic rings. The predicted molar refractivity (Wildman–Crippen MR) is 92.8 cm³/mol. The quantitative estimate of drug-likeness (QED) is 0.485. The highest BCUT2D eigenvalue weighted by atomic mass is 16.6. The molecule has 0 amide bonds. The average Bonchev–Trinajstić information content (AvgIpc) is 2.96. The van der Waals surface area contributed by atoms with Crippen LogP contribution in [0.25, 0.3) is 11.8 Å². The fraction of sp³-hybridized carbons (Fsp3) is 0.100. The summed E-state index contributed by atoms with van der Waals surface area (Å²) in [5.41, 5.74) is 1.93. The van der Waals surface area contributed by atoms with E-state index in [0.29, 0.717) is 28.4 Å². The minimum atomic E-state index is -0.449. The van der Waals surface area contributed by atoms with E-state index in [9.17, 15) is 9.59 Å². The molecule has 5 heteroatoms. The van der Waals surface area contributed by atoms with Crippen molar-refractivity contribution in [2.45, 2.75) is 6.92 Å². The van der Waals surface area contributed by atoms with Gasteiger partial charge >= 0.3 is 11.9 Å². The summed E-state index contributed by atoms with van der Waals surface area (Å²) in [6.07, 6.45) is 3.36. The topological polar surface area (TPSA) is 61.8 Å². The molecule has 0 unspecified atom stereocenters. The fourth-order valence-electron chi connectivity index (χ4n) is 2.43. The number of rotatable bonds is 4. The number of esters is 2. The Morgan fingerprint density at radius 3 is 2.52 bits per heavy atom. The van der Waals surface area contributed by atoms with Crippen molar-refractivity contribution in [2.24, 2.45) is 0 Å². The third-order valence-electron chi connectivity index (χ3n) is 3.55. The smallest absolute Gasteiger partial charge is 0.343 e. The van der Waals surface area contributed by atoms with E-state index < -0.39 is 11.9 Å². The Bertz CT molecular complexity index is 878. The Balaban J connectivity index is 1.93. The molecule has 0 saturated carbocycles. The van der Waals surface area contributed by atoms with Crippen molar-refractivity contribution >= 4 is 23.8 Å². The number of ether oxygens (including phenoxy) is 3. The van der Waals surface area contributed by atoms with Gasteiger partial charge in [0.15, 0.2) is 11.5 Å². The standard InChI is InChI=1S/C20H16O5/c1-13(21)24-19-11-14(8-9-17(19)23-2)10-16-12-18(25-20(16)22)15-6-4-3-5-7-15/h3-12H,1-2H3/b16-10+. The SMILES string of the molecule is COc1ccc(/C=C2\C=C(c3ccccc3)OC2=O)cc1OC(C)=O. The second-order valence-electron chi connectivity index (χ2n) is 5.37. The van der Waals surface area contributed by atoms with E-state index in [2.05, 4.69) is 0 Å². The Hall–Kier alpha value is -3.34. The second kappa shape index (κ2) is 7.05. The minimum Gasteiger partial charge on any atom is -0.493 e. The number of carbonyl (C=O) groups excluding carboxylic acids is 2. The molecule has 0 aliphatic carbocycles. The first-order valence-corrected chi connectivity index (χ1v) is 7.64. The molecule has 2 aromatic carbocycles. The van der Waals surface area contributed by atoms with E-state index >= 15 is 0 Å². The molecule has 0 fully saturated rings. The van der Waals surface area contributed by atoms with Gasteiger partial charge in [-0.25, -0.2) is 4.79 Å². The first-order chi connectivity index (χ1) is 12.1. The summed E-state index contributed by atoms with van der Waals surface area (Å²) >= 11 is 0. The Labute approximate surface area is 145 Å². The average molecular weight is 336 g/mol. The van der Waals surface area contributed by atoms with Crippen molar-refractivity contribution in [3.63, 3.8) is 0 Å². The zero-order valence-electron chi connectivity index (χ0n) is 13.8. The largest absolute Gasteiger partial charge is 0.493 e. The van der Waals surface area contributed by atoms with Crippen LogP contribution in [0.1, 0.15) is 18.1 Å². The van der Waals surface area contributed by atoms with Gasteiger partial charge in [0, 0.05) is 12.5 Å². The Kier molecular flexibility index (Phi) is 4.66. The lowest BCUT2D eigenvalue weighted by atomic mass is 10.1. The molecule has 1 aliphatic rings. The third-order valence-corrected chi connectivity index (χ3v) is 3.55. The van der Waals surface area contributed by atoms with Crippen LogP contribution in [0, 0.1) is 0 Å². The molecule has 0 N–H and O–H groups in total. The molecule has 5 nitrogen and oxygen atoms in total. The monoisotopic (exact) mass is 336 g/mol. The van der Waals surface area contributed by atoms with E-state index in [1.54, 1.807) is 30.4 Å². The van der Waals surface area contributed by atoms with Gasteiger partial charge in [-0.1, -0.05) is 36.4 Å². The number of carbonyl (C=O) groups is 2. The maximum absolute atomic E-state index is 12.1. The van der Waals surface area contributed by atoms with Crippen molar-refractivity contribution in [3.8, 4) is 11.5 Å². The van der Waals surface area contributed by atoms with Gasteiger partial charge in [-0.3, -0.25) is 4.79 Å². The zero-order chi connectivity index (χ0) is 17.8. The van der Waals surface area contributed by atoms with Gasteiger partial charge in [0.2, 0.25) is 0 Å². The minimum absolute atomic E-state index is 0.294. The van der Waals surface area contributed by atoms with Crippen LogP contribution in [0.5, 0.6) is 11.5 Å². The van der Waals surface area contributed by atoms with Crippen LogP contribution in [-0.4, -0.2) is 19.0 Å².